The maximum absolute atomic E-state index is 5.60. The second-order valence-electron chi connectivity index (χ2n) is 4.75. The van der Waals surface area contributed by atoms with Crippen LogP contribution in [0, 0.1) is 0 Å². The number of methoxy groups -OCH3 is 1. The van der Waals surface area contributed by atoms with Crippen LogP contribution in [0.2, 0.25) is 0 Å². The third kappa shape index (κ3) is 3.40. The van der Waals surface area contributed by atoms with Crippen LogP contribution < -0.4 is 0 Å². The Bertz CT molecular complexity index is 245. The summed E-state index contributed by atoms with van der Waals surface area (Å²) < 4.78 is 32.9. The van der Waals surface area contributed by atoms with Gasteiger partial charge in [0.1, 0.15) is 38.0 Å². The Morgan fingerprint density at radius 1 is 0.944 bits per heavy atom. The van der Waals surface area contributed by atoms with E-state index in [1.807, 2.05) is 13.8 Å². The summed E-state index contributed by atoms with van der Waals surface area (Å²) >= 11 is 0. The summed E-state index contributed by atoms with van der Waals surface area (Å²) in [6.07, 6.45) is -0.377. The Morgan fingerprint density at radius 3 is 2.00 bits per heavy atom. The molecule has 2 rings (SSSR count). The topological polar surface area (TPSA) is 55.4 Å². The molecule has 0 aliphatic carbocycles. The molecule has 106 valence electrons. The highest BCUT2D eigenvalue weighted by Crippen LogP contribution is 2.26. The van der Waals surface area contributed by atoms with E-state index in [1.54, 1.807) is 7.11 Å². The first-order valence-electron chi connectivity index (χ1n) is 6.29. The van der Waals surface area contributed by atoms with Crippen molar-refractivity contribution >= 4 is 0 Å². The first-order valence-corrected chi connectivity index (χ1v) is 6.29. The zero-order valence-corrected chi connectivity index (χ0v) is 11.2. The van der Waals surface area contributed by atoms with Crippen molar-refractivity contribution in [1.29, 1.82) is 0 Å². The second-order valence-corrected chi connectivity index (χ2v) is 4.75. The summed E-state index contributed by atoms with van der Waals surface area (Å²) in [7, 11) is 1.65. The van der Waals surface area contributed by atoms with E-state index in [0.717, 1.165) is 0 Å². The van der Waals surface area contributed by atoms with Gasteiger partial charge in [-0.1, -0.05) is 0 Å². The molecule has 0 aromatic carbocycles. The first-order chi connectivity index (χ1) is 8.72. The van der Waals surface area contributed by atoms with Crippen LogP contribution in [0.25, 0.3) is 0 Å². The van der Waals surface area contributed by atoms with Gasteiger partial charge in [0.25, 0.3) is 0 Å². The molecule has 2 saturated heterocycles. The van der Waals surface area contributed by atoms with Gasteiger partial charge in [0, 0.05) is 7.11 Å². The predicted molar refractivity (Wildman–Crippen MR) is 62.2 cm³/mol. The Hall–Kier alpha value is -0.240. The van der Waals surface area contributed by atoms with Crippen molar-refractivity contribution in [3.8, 4) is 0 Å². The second kappa shape index (κ2) is 6.79. The van der Waals surface area contributed by atoms with Crippen molar-refractivity contribution in [3.63, 3.8) is 0 Å². The fourth-order valence-electron chi connectivity index (χ4n) is 2.17. The molecule has 2 fully saturated rings. The molecule has 0 radical (unpaired) electrons. The van der Waals surface area contributed by atoms with Gasteiger partial charge in [0.15, 0.2) is 0 Å². The van der Waals surface area contributed by atoms with Crippen LogP contribution in [0.3, 0.4) is 0 Å². The van der Waals surface area contributed by atoms with E-state index < -0.39 is 0 Å². The number of hydrogen-bond donors (Lipinski definition) is 0. The van der Waals surface area contributed by atoms with Crippen LogP contribution >= 0.6 is 0 Å². The minimum absolute atomic E-state index is 0.112. The number of fused-ring (bicyclic) bond motifs is 1. The van der Waals surface area contributed by atoms with Crippen LogP contribution in [0.4, 0.5) is 0 Å². The quantitative estimate of drug-likeness (QED) is 0.721. The standard InChI is InChI=1S/C12H22O6/c1-8(2)14-5-10-12-11(17-7-16-10)9(4-13-3)15-6-18-12/h8-12H,4-7H2,1-3H3/t9-,10-,11-,12-/m1/s1. The van der Waals surface area contributed by atoms with Gasteiger partial charge in [0.05, 0.1) is 19.3 Å². The zero-order chi connectivity index (χ0) is 13.0. The van der Waals surface area contributed by atoms with E-state index in [1.165, 1.54) is 0 Å². The lowest BCUT2D eigenvalue weighted by atomic mass is 10.0. The summed E-state index contributed by atoms with van der Waals surface area (Å²) in [6.45, 7) is 5.45. The fourth-order valence-corrected chi connectivity index (χ4v) is 2.17. The Labute approximate surface area is 107 Å². The molecule has 0 aromatic rings. The zero-order valence-electron chi connectivity index (χ0n) is 11.2. The summed E-state index contributed by atoms with van der Waals surface area (Å²) in [5.41, 5.74) is 0. The number of rotatable bonds is 5. The molecular weight excluding hydrogens is 240 g/mol. The lowest BCUT2D eigenvalue weighted by molar-refractivity contribution is -0.331. The van der Waals surface area contributed by atoms with Gasteiger partial charge in [-0.3, -0.25) is 0 Å². The molecule has 2 heterocycles. The summed E-state index contributed by atoms with van der Waals surface area (Å²) in [5.74, 6) is 0. The van der Waals surface area contributed by atoms with E-state index >= 15 is 0 Å². The normalized spacial score (nSPS) is 36.7. The number of ether oxygens (including phenoxy) is 6. The Kier molecular flexibility index (Phi) is 5.35. The molecule has 0 bridgehead atoms. The molecule has 0 amide bonds. The lowest BCUT2D eigenvalue weighted by Crippen LogP contribution is -2.59. The Morgan fingerprint density at radius 2 is 1.50 bits per heavy atom. The molecular formula is C12H22O6. The van der Waals surface area contributed by atoms with Gasteiger partial charge in [0.2, 0.25) is 0 Å². The molecule has 18 heavy (non-hydrogen) atoms. The highest BCUT2D eigenvalue weighted by molar-refractivity contribution is 4.89. The molecule has 0 N–H and O–H groups in total. The smallest absolute Gasteiger partial charge is 0.147 e. The van der Waals surface area contributed by atoms with Gasteiger partial charge in [-0.15, -0.1) is 0 Å². The van der Waals surface area contributed by atoms with Crippen LogP contribution in [-0.2, 0) is 28.4 Å². The first kappa shape index (κ1) is 14.2. The monoisotopic (exact) mass is 262 g/mol. The Balaban J connectivity index is 1.93. The van der Waals surface area contributed by atoms with Crippen molar-refractivity contribution in [2.45, 2.75) is 44.4 Å². The summed E-state index contributed by atoms with van der Waals surface area (Å²) in [5, 5.41) is 0. The molecule has 6 heteroatoms. The summed E-state index contributed by atoms with van der Waals surface area (Å²) in [4.78, 5) is 0. The minimum Gasteiger partial charge on any atom is -0.382 e. The van der Waals surface area contributed by atoms with Crippen LogP contribution in [0.15, 0.2) is 0 Å². The van der Waals surface area contributed by atoms with Crippen molar-refractivity contribution < 1.29 is 28.4 Å². The molecule has 0 aromatic heterocycles. The van der Waals surface area contributed by atoms with Gasteiger partial charge in [-0.25, -0.2) is 0 Å². The van der Waals surface area contributed by atoms with Gasteiger partial charge in [-0.2, -0.15) is 0 Å². The molecule has 2 aliphatic rings. The third-order valence-corrected chi connectivity index (χ3v) is 3.07. The molecule has 0 unspecified atom stereocenters. The van der Waals surface area contributed by atoms with Crippen LogP contribution in [-0.4, -0.2) is 64.4 Å². The minimum atomic E-state index is -0.161. The van der Waals surface area contributed by atoms with Crippen molar-refractivity contribution in [3.05, 3.63) is 0 Å². The average Bonchev–Trinajstić information content (AvgIpc) is 2.37. The van der Waals surface area contributed by atoms with E-state index in [-0.39, 0.29) is 44.1 Å². The van der Waals surface area contributed by atoms with Gasteiger partial charge < -0.3 is 28.4 Å². The average molecular weight is 262 g/mol. The van der Waals surface area contributed by atoms with Gasteiger partial charge >= 0.3 is 0 Å². The molecule has 4 atom stereocenters. The van der Waals surface area contributed by atoms with Crippen LogP contribution in [0.5, 0.6) is 0 Å². The third-order valence-electron chi connectivity index (χ3n) is 3.07. The summed E-state index contributed by atoms with van der Waals surface area (Å²) in [6, 6.07) is 0. The highest BCUT2D eigenvalue weighted by atomic mass is 16.8. The van der Waals surface area contributed by atoms with Crippen LogP contribution in [0.1, 0.15) is 13.8 Å². The SMILES string of the molecule is COC[C@H]1OCO[C@H]2[C@@H]1OCO[C@@H]2COC(C)C. The lowest BCUT2D eigenvalue weighted by Gasteiger charge is -2.43. The van der Waals surface area contributed by atoms with Crippen molar-refractivity contribution in [2.75, 3.05) is 33.9 Å². The van der Waals surface area contributed by atoms with E-state index in [4.69, 9.17) is 28.4 Å². The highest BCUT2D eigenvalue weighted by Gasteiger charge is 2.44. The van der Waals surface area contributed by atoms with Crippen molar-refractivity contribution in [2.24, 2.45) is 0 Å². The molecule has 0 spiro atoms. The molecule has 2 aliphatic heterocycles. The molecule has 0 saturated carbocycles. The van der Waals surface area contributed by atoms with Gasteiger partial charge in [-0.05, 0) is 13.8 Å². The van der Waals surface area contributed by atoms with E-state index in [9.17, 15) is 0 Å². The maximum Gasteiger partial charge on any atom is 0.147 e. The predicted octanol–water partition coefficient (Wildman–Crippen LogP) is 0.541. The van der Waals surface area contributed by atoms with Crippen molar-refractivity contribution in [1.82, 2.24) is 0 Å². The fraction of sp³-hybridized carbons (Fsp3) is 1.00. The largest absolute Gasteiger partial charge is 0.382 e. The number of hydrogen-bond acceptors (Lipinski definition) is 6. The maximum atomic E-state index is 5.60. The molecule has 6 nitrogen and oxygen atoms in total. The van der Waals surface area contributed by atoms with E-state index in [0.29, 0.717) is 13.2 Å². The van der Waals surface area contributed by atoms with E-state index in [2.05, 4.69) is 0 Å².